The van der Waals surface area contributed by atoms with Crippen molar-refractivity contribution in [1.29, 1.82) is 0 Å². The summed E-state index contributed by atoms with van der Waals surface area (Å²) in [5.74, 6) is 0.965. The fraction of sp³-hybridized carbons (Fsp3) is 0.875. The van der Waals surface area contributed by atoms with Crippen LogP contribution in [0.4, 0.5) is 0 Å². The summed E-state index contributed by atoms with van der Waals surface area (Å²) in [6.45, 7) is 29.4. The standard InChI is InChI=1S/C15H27N2.3C3H7O.Ti/c1-13(2,3)10-11(14(4,5)6)17-12(16-10)15(7,8)9;3*1-3(2)4;/h1-9H3;3*3H,1-2H3;/q4*-1;+4. The van der Waals surface area contributed by atoms with E-state index in [1.54, 1.807) is 41.5 Å². The number of nitrogens with zero attached hydrogens (tertiary/aromatic N) is 2. The van der Waals surface area contributed by atoms with Gasteiger partial charge in [-0.3, -0.25) is 0 Å². The van der Waals surface area contributed by atoms with E-state index in [-0.39, 0.29) is 38.0 Å². The molecule has 0 unspecified atom stereocenters. The molecule has 0 spiro atoms. The third-order valence-corrected chi connectivity index (χ3v) is 2.75. The minimum absolute atomic E-state index is 0. The summed E-state index contributed by atoms with van der Waals surface area (Å²) in [5, 5.41) is 28.6. The van der Waals surface area contributed by atoms with Crippen LogP contribution in [0, 0.1) is 0 Å². The topological polar surface area (TPSA) is 96.2 Å². The van der Waals surface area contributed by atoms with Crippen molar-refractivity contribution in [3.05, 3.63) is 17.2 Å². The van der Waals surface area contributed by atoms with Gasteiger partial charge in [-0.2, -0.15) is 0 Å². The van der Waals surface area contributed by atoms with Crippen LogP contribution in [0.3, 0.4) is 0 Å². The third-order valence-electron chi connectivity index (χ3n) is 2.75. The number of aromatic nitrogens is 2. The molecule has 0 saturated heterocycles. The molecule has 0 fully saturated rings. The van der Waals surface area contributed by atoms with E-state index in [1.165, 1.54) is 0 Å². The predicted molar refractivity (Wildman–Crippen MR) is 119 cm³/mol. The van der Waals surface area contributed by atoms with Crippen LogP contribution in [0.2, 0.25) is 0 Å². The van der Waals surface area contributed by atoms with Crippen LogP contribution >= 0.6 is 0 Å². The van der Waals surface area contributed by atoms with E-state index in [2.05, 4.69) is 62.3 Å². The van der Waals surface area contributed by atoms with E-state index >= 15 is 0 Å². The summed E-state index contributed by atoms with van der Waals surface area (Å²) in [4.78, 5) is 9.62. The van der Waals surface area contributed by atoms with Crippen molar-refractivity contribution in [1.82, 2.24) is 9.97 Å². The zero-order valence-corrected chi connectivity index (χ0v) is 23.9. The van der Waals surface area contributed by atoms with Gasteiger partial charge in [-0.15, -0.1) is 18.3 Å². The molecule has 6 heteroatoms. The van der Waals surface area contributed by atoms with E-state index in [0.29, 0.717) is 0 Å². The molecule has 1 aromatic heterocycles. The van der Waals surface area contributed by atoms with Crippen LogP contribution in [0.15, 0.2) is 0 Å². The zero-order chi connectivity index (χ0) is 24.4. The van der Waals surface area contributed by atoms with Gasteiger partial charge in [0.1, 0.15) is 0 Å². The first-order valence-electron chi connectivity index (χ1n) is 10.6. The first kappa shape index (κ1) is 37.1. The van der Waals surface area contributed by atoms with Crippen molar-refractivity contribution < 1.29 is 37.0 Å². The maximum absolute atomic E-state index is 9.53. The van der Waals surface area contributed by atoms with Gasteiger partial charge < -0.3 is 25.3 Å². The molecule has 176 valence electrons. The fourth-order valence-corrected chi connectivity index (χ4v) is 1.72. The molecule has 0 aliphatic carbocycles. The molecule has 5 nitrogen and oxygen atoms in total. The third kappa shape index (κ3) is 22.5. The molecule has 30 heavy (non-hydrogen) atoms. The second kappa shape index (κ2) is 15.6. The summed E-state index contributed by atoms with van der Waals surface area (Å²) in [6, 6.07) is 0. The van der Waals surface area contributed by atoms with Crippen molar-refractivity contribution in [2.45, 2.75) is 138 Å². The molecule has 0 aliphatic rings. The minimum Gasteiger partial charge on any atom is -0.852 e. The summed E-state index contributed by atoms with van der Waals surface area (Å²) in [7, 11) is 0. The summed E-state index contributed by atoms with van der Waals surface area (Å²) in [6.07, 6.45) is -1.25. The quantitative estimate of drug-likeness (QED) is 0.554. The Morgan fingerprint density at radius 2 is 0.867 bits per heavy atom. The van der Waals surface area contributed by atoms with Crippen molar-refractivity contribution in [2.75, 3.05) is 0 Å². The van der Waals surface area contributed by atoms with E-state index in [9.17, 15) is 15.3 Å². The molecule has 0 bridgehead atoms. The van der Waals surface area contributed by atoms with Gasteiger partial charge in [0.05, 0.1) is 0 Å². The maximum Gasteiger partial charge on any atom is 4.00 e. The van der Waals surface area contributed by atoms with Crippen molar-refractivity contribution in [3.63, 3.8) is 0 Å². The Balaban J connectivity index is -0.000000215. The molecule has 0 aromatic carbocycles. The first-order valence-corrected chi connectivity index (χ1v) is 10.6. The fourth-order valence-electron chi connectivity index (χ4n) is 1.72. The van der Waals surface area contributed by atoms with Crippen molar-refractivity contribution in [3.8, 4) is 0 Å². The summed E-state index contributed by atoms with van der Waals surface area (Å²) in [5.41, 5.74) is 2.42. The second-order valence-corrected chi connectivity index (χ2v) is 11.1. The maximum atomic E-state index is 9.53. The minimum atomic E-state index is -0.417. The molecular formula is C24H48N2O3Ti. The molecule has 0 radical (unpaired) electrons. The van der Waals surface area contributed by atoms with Gasteiger partial charge in [0.15, 0.2) is 0 Å². The van der Waals surface area contributed by atoms with Crippen LogP contribution in [-0.2, 0) is 38.0 Å². The number of rotatable bonds is 0. The Bertz CT molecular complexity index is 478. The monoisotopic (exact) mass is 460 g/mol. The molecule has 0 atom stereocenters. The first-order chi connectivity index (χ1) is 12.5. The molecular weight excluding hydrogens is 412 g/mol. The van der Waals surface area contributed by atoms with E-state index < -0.39 is 18.3 Å². The van der Waals surface area contributed by atoms with E-state index in [1.807, 2.05) is 0 Å². The second-order valence-electron chi connectivity index (χ2n) is 11.1. The van der Waals surface area contributed by atoms with Crippen LogP contribution in [0.25, 0.3) is 0 Å². The summed E-state index contributed by atoms with van der Waals surface area (Å²) >= 11 is 0. The van der Waals surface area contributed by atoms with Crippen molar-refractivity contribution >= 4 is 0 Å². The van der Waals surface area contributed by atoms with Gasteiger partial charge in [0, 0.05) is 0 Å². The van der Waals surface area contributed by atoms with Gasteiger partial charge in [-0.1, -0.05) is 121 Å². The SMILES string of the molecule is CC(C)(C)c1nc(C(C)(C)C)c(C(C)(C)C)[n-]1.CC(C)[O-].CC(C)[O-].CC(C)[O-].[Ti+4]. The largest absolute Gasteiger partial charge is 4.00 e. The molecule has 0 amide bonds. The Morgan fingerprint density at radius 3 is 1.00 bits per heavy atom. The average molecular weight is 461 g/mol. The van der Waals surface area contributed by atoms with Gasteiger partial charge in [0.2, 0.25) is 0 Å². The predicted octanol–water partition coefficient (Wildman–Crippen LogP) is 3.19. The smallest absolute Gasteiger partial charge is 0.852 e. The molecule has 1 heterocycles. The molecule has 1 rings (SSSR count). The molecule has 1 aromatic rings. The van der Waals surface area contributed by atoms with Gasteiger partial charge in [-0.25, -0.2) is 0 Å². The van der Waals surface area contributed by atoms with E-state index in [0.717, 1.165) is 17.2 Å². The normalized spacial score (nSPS) is 11.6. The van der Waals surface area contributed by atoms with Crippen LogP contribution < -0.4 is 20.3 Å². The zero-order valence-electron chi connectivity index (χ0n) is 22.4. The Kier molecular flexibility index (Phi) is 19.3. The average Bonchev–Trinajstić information content (AvgIpc) is 2.80. The van der Waals surface area contributed by atoms with Gasteiger partial charge in [0.25, 0.3) is 0 Å². The van der Waals surface area contributed by atoms with Crippen LogP contribution in [0.5, 0.6) is 0 Å². The van der Waals surface area contributed by atoms with Crippen LogP contribution in [-0.4, -0.2) is 23.3 Å². The number of imidazole rings is 1. The van der Waals surface area contributed by atoms with E-state index in [4.69, 9.17) is 9.97 Å². The van der Waals surface area contributed by atoms with Crippen molar-refractivity contribution in [2.24, 2.45) is 0 Å². The van der Waals surface area contributed by atoms with Gasteiger partial charge in [-0.05, 0) is 16.2 Å². The molecule has 0 N–H and O–H groups in total. The Morgan fingerprint density at radius 1 is 0.600 bits per heavy atom. The molecule has 0 aliphatic heterocycles. The Hall–Kier alpha value is -0.196. The molecule has 0 saturated carbocycles. The summed E-state index contributed by atoms with van der Waals surface area (Å²) < 4.78 is 0. The number of hydrogen-bond donors (Lipinski definition) is 0. The Labute approximate surface area is 202 Å². The van der Waals surface area contributed by atoms with Gasteiger partial charge >= 0.3 is 21.7 Å². The number of hydrogen-bond acceptors (Lipinski definition) is 4. The van der Waals surface area contributed by atoms with Crippen LogP contribution in [0.1, 0.15) is 121 Å².